The normalized spacial score (nSPS) is 17.6. The highest BCUT2D eigenvalue weighted by Crippen LogP contribution is 2.25. The molecule has 25 heavy (non-hydrogen) atoms. The Bertz CT molecular complexity index is 752. The third kappa shape index (κ3) is 4.39. The number of nitrogens with zero attached hydrogens (tertiary/aromatic N) is 3. The van der Waals surface area contributed by atoms with Gasteiger partial charge in [0.2, 0.25) is 0 Å². The molecule has 0 aliphatic carbocycles. The van der Waals surface area contributed by atoms with Gasteiger partial charge in [0.1, 0.15) is 11.6 Å². The van der Waals surface area contributed by atoms with Crippen LogP contribution in [0, 0.1) is 5.82 Å². The van der Waals surface area contributed by atoms with E-state index >= 15 is 0 Å². The van der Waals surface area contributed by atoms with Gasteiger partial charge in [-0.15, -0.1) is 0 Å². The number of guanidine groups is 1. The summed E-state index contributed by atoms with van der Waals surface area (Å²) in [6.45, 7) is 2.05. The Labute approximate surface area is 151 Å². The summed E-state index contributed by atoms with van der Waals surface area (Å²) in [6, 6.07) is 10.6. The maximum Gasteiger partial charge on any atom is 0.191 e. The minimum Gasteiger partial charge on any atom is -0.353 e. The van der Waals surface area contributed by atoms with E-state index in [0.29, 0.717) is 23.1 Å². The predicted molar refractivity (Wildman–Crippen MR) is 99.6 cm³/mol. The average Bonchev–Trinajstić information content (AvgIpc) is 3.08. The van der Waals surface area contributed by atoms with Gasteiger partial charge in [-0.05, 0) is 24.6 Å². The molecular weight excluding hydrogens is 341 g/mol. The lowest BCUT2D eigenvalue weighted by molar-refractivity contribution is 0.601. The molecule has 2 aromatic rings. The van der Waals surface area contributed by atoms with Crippen LogP contribution in [0.3, 0.4) is 0 Å². The molecule has 7 heteroatoms. The van der Waals surface area contributed by atoms with E-state index in [1.54, 1.807) is 25.4 Å². The number of hydrogen-bond donors (Lipinski definition) is 2. The van der Waals surface area contributed by atoms with E-state index in [1.807, 2.05) is 18.2 Å². The SMILES string of the molecule is CN=C(NCc1ccccc1F)NC1CCN(c2ncccc2Cl)C1. The summed E-state index contributed by atoms with van der Waals surface area (Å²) in [4.78, 5) is 10.7. The third-order valence-corrected chi connectivity index (χ3v) is 4.49. The summed E-state index contributed by atoms with van der Waals surface area (Å²) in [6.07, 6.45) is 2.70. The van der Waals surface area contributed by atoms with E-state index < -0.39 is 0 Å². The smallest absolute Gasteiger partial charge is 0.191 e. The van der Waals surface area contributed by atoms with Gasteiger partial charge in [-0.25, -0.2) is 9.37 Å². The van der Waals surface area contributed by atoms with E-state index in [1.165, 1.54) is 6.07 Å². The fourth-order valence-corrected chi connectivity index (χ4v) is 3.13. The van der Waals surface area contributed by atoms with Gasteiger partial charge in [0.05, 0.1) is 5.02 Å². The first-order valence-electron chi connectivity index (χ1n) is 8.23. The average molecular weight is 362 g/mol. The Morgan fingerprint density at radius 1 is 1.36 bits per heavy atom. The van der Waals surface area contributed by atoms with Crippen molar-refractivity contribution in [3.8, 4) is 0 Å². The number of aromatic nitrogens is 1. The summed E-state index contributed by atoms with van der Waals surface area (Å²) < 4.78 is 13.7. The molecule has 1 unspecified atom stereocenters. The molecule has 1 aromatic carbocycles. The molecule has 2 heterocycles. The van der Waals surface area contributed by atoms with Crippen LogP contribution in [0.2, 0.25) is 5.02 Å². The number of rotatable bonds is 4. The number of nitrogens with one attached hydrogen (secondary N) is 2. The molecule has 0 bridgehead atoms. The zero-order valence-corrected chi connectivity index (χ0v) is 14.8. The zero-order valence-electron chi connectivity index (χ0n) is 14.0. The van der Waals surface area contributed by atoms with Crippen LogP contribution >= 0.6 is 11.6 Å². The number of benzene rings is 1. The molecule has 5 nitrogen and oxygen atoms in total. The zero-order chi connectivity index (χ0) is 17.6. The Kier molecular flexibility index (Phi) is 5.71. The number of halogens is 2. The van der Waals surface area contributed by atoms with Crippen LogP contribution < -0.4 is 15.5 Å². The molecule has 1 saturated heterocycles. The highest BCUT2D eigenvalue weighted by atomic mass is 35.5. The minimum atomic E-state index is -0.220. The molecule has 2 N–H and O–H groups in total. The molecule has 0 saturated carbocycles. The lowest BCUT2D eigenvalue weighted by Crippen LogP contribution is -2.44. The van der Waals surface area contributed by atoms with Crippen LogP contribution in [-0.4, -0.2) is 37.1 Å². The standard InChI is InChI=1S/C18H21ClFN5/c1-21-18(23-11-13-5-2-3-7-16(13)20)24-14-8-10-25(12-14)17-15(19)6-4-9-22-17/h2-7,9,14H,8,10-12H2,1H3,(H2,21,23,24). The minimum absolute atomic E-state index is 0.220. The van der Waals surface area contributed by atoms with Crippen LogP contribution in [0.15, 0.2) is 47.6 Å². The van der Waals surface area contributed by atoms with Gasteiger partial charge in [-0.3, -0.25) is 4.99 Å². The molecule has 132 valence electrons. The highest BCUT2D eigenvalue weighted by molar-refractivity contribution is 6.32. The van der Waals surface area contributed by atoms with Gasteiger partial charge in [0.15, 0.2) is 5.96 Å². The fraction of sp³-hybridized carbons (Fsp3) is 0.333. The van der Waals surface area contributed by atoms with Gasteiger partial charge in [-0.2, -0.15) is 0 Å². The lowest BCUT2D eigenvalue weighted by Gasteiger charge is -2.20. The monoisotopic (exact) mass is 361 g/mol. The van der Waals surface area contributed by atoms with Crippen molar-refractivity contribution in [1.82, 2.24) is 15.6 Å². The maximum atomic E-state index is 13.7. The van der Waals surface area contributed by atoms with E-state index in [2.05, 4.69) is 25.5 Å². The summed E-state index contributed by atoms with van der Waals surface area (Å²) in [5, 5.41) is 7.19. The predicted octanol–water partition coefficient (Wildman–Crippen LogP) is 2.82. The van der Waals surface area contributed by atoms with Gasteiger partial charge in [-0.1, -0.05) is 29.8 Å². The number of aliphatic imine (C=N–C) groups is 1. The summed E-state index contributed by atoms with van der Waals surface area (Å²) >= 11 is 6.22. The van der Waals surface area contributed by atoms with Crippen molar-refractivity contribution in [2.75, 3.05) is 25.0 Å². The second-order valence-corrected chi connectivity index (χ2v) is 6.31. The van der Waals surface area contributed by atoms with Crippen LogP contribution in [0.5, 0.6) is 0 Å². The Morgan fingerprint density at radius 3 is 2.96 bits per heavy atom. The molecule has 1 atom stereocenters. The largest absolute Gasteiger partial charge is 0.353 e. The number of pyridine rings is 1. The first-order valence-corrected chi connectivity index (χ1v) is 8.61. The number of hydrogen-bond acceptors (Lipinski definition) is 3. The van der Waals surface area contributed by atoms with Gasteiger partial charge in [0, 0.05) is 44.5 Å². The van der Waals surface area contributed by atoms with E-state index in [9.17, 15) is 4.39 Å². The fourth-order valence-electron chi connectivity index (χ4n) is 2.89. The van der Waals surface area contributed by atoms with Crippen LogP contribution in [0.1, 0.15) is 12.0 Å². The topological polar surface area (TPSA) is 52.6 Å². The van der Waals surface area contributed by atoms with Crippen molar-refractivity contribution < 1.29 is 4.39 Å². The van der Waals surface area contributed by atoms with Crippen molar-refractivity contribution in [2.45, 2.75) is 19.0 Å². The quantitative estimate of drug-likeness (QED) is 0.649. The van der Waals surface area contributed by atoms with E-state index in [0.717, 1.165) is 25.3 Å². The van der Waals surface area contributed by atoms with Crippen molar-refractivity contribution >= 4 is 23.4 Å². The molecule has 1 fully saturated rings. The van der Waals surface area contributed by atoms with Gasteiger partial charge < -0.3 is 15.5 Å². The van der Waals surface area contributed by atoms with Crippen molar-refractivity contribution in [2.24, 2.45) is 4.99 Å². The molecule has 1 aromatic heterocycles. The number of anilines is 1. The maximum absolute atomic E-state index is 13.7. The van der Waals surface area contributed by atoms with Crippen LogP contribution in [0.4, 0.5) is 10.2 Å². The van der Waals surface area contributed by atoms with Crippen molar-refractivity contribution in [1.29, 1.82) is 0 Å². The van der Waals surface area contributed by atoms with Crippen molar-refractivity contribution in [3.05, 3.63) is 59.0 Å². The molecule has 0 radical (unpaired) electrons. The Balaban J connectivity index is 1.55. The first-order chi connectivity index (χ1) is 12.2. The third-order valence-electron chi connectivity index (χ3n) is 4.20. The molecule has 1 aliphatic rings. The van der Waals surface area contributed by atoms with Gasteiger partial charge in [0.25, 0.3) is 0 Å². The summed E-state index contributed by atoms with van der Waals surface area (Å²) in [7, 11) is 1.71. The molecule has 0 spiro atoms. The molecule has 3 rings (SSSR count). The van der Waals surface area contributed by atoms with E-state index in [4.69, 9.17) is 11.6 Å². The molecule has 0 amide bonds. The highest BCUT2D eigenvalue weighted by Gasteiger charge is 2.25. The molecular formula is C18H21ClFN5. The first kappa shape index (κ1) is 17.5. The summed E-state index contributed by atoms with van der Waals surface area (Å²) in [5.74, 6) is 1.24. The van der Waals surface area contributed by atoms with Gasteiger partial charge >= 0.3 is 0 Å². The van der Waals surface area contributed by atoms with Crippen LogP contribution in [-0.2, 0) is 6.54 Å². The summed E-state index contributed by atoms with van der Waals surface area (Å²) in [5.41, 5.74) is 0.610. The second kappa shape index (κ2) is 8.16. The van der Waals surface area contributed by atoms with Crippen molar-refractivity contribution in [3.63, 3.8) is 0 Å². The lowest BCUT2D eigenvalue weighted by atomic mass is 10.2. The van der Waals surface area contributed by atoms with Crippen LogP contribution in [0.25, 0.3) is 0 Å². The molecule has 1 aliphatic heterocycles. The Morgan fingerprint density at radius 2 is 2.20 bits per heavy atom. The second-order valence-electron chi connectivity index (χ2n) is 5.90. The Hall–Kier alpha value is -2.34. The van der Waals surface area contributed by atoms with E-state index in [-0.39, 0.29) is 11.9 Å².